The summed E-state index contributed by atoms with van der Waals surface area (Å²) in [4.78, 5) is 0. The fourth-order valence-electron chi connectivity index (χ4n) is 1.42. The molecule has 2 N–H and O–H groups in total. The molecule has 0 atom stereocenters. The molecule has 15 heavy (non-hydrogen) atoms. The summed E-state index contributed by atoms with van der Waals surface area (Å²) < 4.78 is 2.57. The van der Waals surface area contributed by atoms with E-state index in [4.69, 9.17) is 12.2 Å². The van der Waals surface area contributed by atoms with Crippen LogP contribution in [0.25, 0.3) is 5.69 Å². The molecule has 0 aliphatic carbocycles. The van der Waals surface area contributed by atoms with Crippen LogP contribution in [0.5, 0.6) is 5.75 Å². The minimum absolute atomic E-state index is 0.257. The summed E-state index contributed by atoms with van der Waals surface area (Å²) in [6.07, 6.45) is 0.925. The van der Waals surface area contributed by atoms with Crippen LogP contribution in [0.3, 0.4) is 0 Å². The first kappa shape index (κ1) is 9.98. The van der Waals surface area contributed by atoms with Gasteiger partial charge >= 0.3 is 0 Å². The largest absolute Gasteiger partial charge is 0.508 e. The number of phenolic OH excluding ortho intramolecular Hbond substituents is 1. The number of aryl methyl sites for hydroxylation is 1. The van der Waals surface area contributed by atoms with Gasteiger partial charge in [-0.05, 0) is 36.8 Å². The van der Waals surface area contributed by atoms with Crippen molar-refractivity contribution in [1.82, 2.24) is 9.78 Å². The Balaban J connectivity index is 2.49. The topological polar surface area (TPSA) is 41.0 Å². The maximum Gasteiger partial charge on any atom is 0.127 e. The summed E-state index contributed by atoms with van der Waals surface area (Å²) in [6.45, 7) is 2.07. The number of rotatable bonds is 2. The zero-order valence-corrected chi connectivity index (χ0v) is 9.21. The van der Waals surface area contributed by atoms with Gasteiger partial charge in [-0.25, -0.2) is 4.68 Å². The van der Waals surface area contributed by atoms with E-state index in [1.165, 1.54) is 0 Å². The Morgan fingerprint density at radius 2 is 2.00 bits per heavy atom. The van der Waals surface area contributed by atoms with Crippen molar-refractivity contribution in [2.45, 2.75) is 13.3 Å². The Kier molecular flexibility index (Phi) is 2.60. The van der Waals surface area contributed by atoms with Gasteiger partial charge in [0.25, 0.3) is 0 Å². The highest BCUT2D eigenvalue weighted by atomic mass is 32.1. The second-order valence-electron chi connectivity index (χ2n) is 3.32. The van der Waals surface area contributed by atoms with Crippen molar-refractivity contribution in [1.29, 1.82) is 0 Å². The molecule has 0 aliphatic rings. The maximum atomic E-state index is 9.18. The first-order valence-electron chi connectivity index (χ1n) is 4.81. The fourth-order valence-corrected chi connectivity index (χ4v) is 1.71. The summed E-state index contributed by atoms with van der Waals surface area (Å²) in [7, 11) is 0. The molecule has 0 amide bonds. The number of hydrogen-bond acceptors (Lipinski definition) is 2. The Hall–Kier alpha value is -1.55. The first-order valence-corrected chi connectivity index (χ1v) is 5.22. The fraction of sp³-hybridized carbons (Fsp3) is 0.182. The summed E-state index contributed by atoms with van der Waals surface area (Å²) in [5, 5.41) is 12.4. The van der Waals surface area contributed by atoms with Crippen LogP contribution in [-0.4, -0.2) is 14.9 Å². The lowest BCUT2D eigenvalue weighted by atomic mass is 10.3. The predicted molar refractivity (Wildman–Crippen MR) is 62.0 cm³/mol. The Bertz CT molecular complexity index is 510. The molecule has 78 valence electrons. The molecule has 0 saturated heterocycles. The average Bonchev–Trinajstić information content (AvgIpc) is 2.61. The van der Waals surface area contributed by atoms with E-state index in [2.05, 4.69) is 12.0 Å². The third-order valence-electron chi connectivity index (χ3n) is 2.26. The van der Waals surface area contributed by atoms with Crippen LogP contribution in [0, 0.1) is 4.64 Å². The molecule has 0 bridgehead atoms. The van der Waals surface area contributed by atoms with Crippen LogP contribution >= 0.6 is 12.2 Å². The number of nitrogens with zero attached hydrogens (tertiary/aromatic N) is 1. The summed E-state index contributed by atoms with van der Waals surface area (Å²) in [5.41, 5.74) is 2.03. The highest BCUT2D eigenvalue weighted by Crippen LogP contribution is 2.14. The number of nitrogens with one attached hydrogen (secondary N) is 1. The van der Waals surface area contributed by atoms with Crippen molar-refractivity contribution in [3.8, 4) is 11.4 Å². The van der Waals surface area contributed by atoms with Gasteiger partial charge in [-0.1, -0.05) is 19.1 Å². The SMILES string of the molecule is CCc1cc(=S)n(-c2ccc(O)cc2)[nH]1. The number of aromatic amines is 1. The van der Waals surface area contributed by atoms with Gasteiger partial charge in [0.2, 0.25) is 0 Å². The molecule has 1 heterocycles. The highest BCUT2D eigenvalue weighted by molar-refractivity contribution is 7.71. The lowest BCUT2D eigenvalue weighted by Gasteiger charge is -2.02. The minimum Gasteiger partial charge on any atom is -0.508 e. The van der Waals surface area contributed by atoms with Crippen molar-refractivity contribution in [2.75, 3.05) is 0 Å². The smallest absolute Gasteiger partial charge is 0.127 e. The molecule has 0 unspecified atom stereocenters. The molecule has 3 nitrogen and oxygen atoms in total. The first-order chi connectivity index (χ1) is 7.20. The molecule has 1 aromatic carbocycles. The van der Waals surface area contributed by atoms with Crippen LogP contribution in [0.1, 0.15) is 12.6 Å². The van der Waals surface area contributed by atoms with Crippen molar-refractivity contribution in [3.63, 3.8) is 0 Å². The van der Waals surface area contributed by atoms with Crippen LogP contribution in [0.4, 0.5) is 0 Å². The summed E-state index contributed by atoms with van der Waals surface area (Å²) >= 11 is 5.22. The number of phenols is 1. The molecule has 0 spiro atoms. The van der Waals surface area contributed by atoms with E-state index in [0.29, 0.717) is 0 Å². The molecule has 2 rings (SSSR count). The van der Waals surface area contributed by atoms with E-state index in [0.717, 1.165) is 22.4 Å². The molecular weight excluding hydrogens is 208 g/mol. The van der Waals surface area contributed by atoms with Gasteiger partial charge in [0, 0.05) is 5.69 Å². The average molecular weight is 220 g/mol. The monoisotopic (exact) mass is 220 g/mol. The van der Waals surface area contributed by atoms with E-state index in [9.17, 15) is 5.11 Å². The number of hydrogen-bond donors (Lipinski definition) is 2. The summed E-state index contributed by atoms with van der Waals surface area (Å²) in [5.74, 6) is 0.257. The third-order valence-corrected chi connectivity index (χ3v) is 2.56. The van der Waals surface area contributed by atoms with Crippen LogP contribution < -0.4 is 0 Å². The van der Waals surface area contributed by atoms with E-state index in [1.54, 1.807) is 12.1 Å². The zero-order chi connectivity index (χ0) is 10.8. The van der Waals surface area contributed by atoms with Crippen molar-refractivity contribution in [2.24, 2.45) is 0 Å². The second kappa shape index (κ2) is 3.90. The lowest BCUT2D eigenvalue weighted by Crippen LogP contribution is -1.96. The van der Waals surface area contributed by atoms with E-state index in [1.807, 2.05) is 22.9 Å². The Morgan fingerprint density at radius 1 is 1.33 bits per heavy atom. The Labute approximate surface area is 93.0 Å². The molecule has 0 saturated carbocycles. The van der Waals surface area contributed by atoms with Gasteiger partial charge in [-0.3, -0.25) is 5.10 Å². The Morgan fingerprint density at radius 3 is 2.53 bits per heavy atom. The maximum absolute atomic E-state index is 9.18. The number of aromatic nitrogens is 2. The van der Waals surface area contributed by atoms with E-state index < -0.39 is 0 Å². The van der Waals surface area contributed by atoms with Crippen molar-refractivity contribution in [3.05, 3.63) is 40.7 Å². The van der Waals surface area contributed by atoms with E-state index >= 15 is 0 Å². The molecule has 1 aromatic heterocycles. The standard InChI is InChI=1S/C11H12N2OS/c1-2-8-7-11(15)13(12-8)9-3-5-10(14)6-4-9/h3-7,12,14H,2H2,1H3. The molecule has 0 aliphatic heterocycles. The molecule has 4 heteroatoms. The second-order valence-corrected chi connectivity index (χ2v) is 3.74. The molecular formula is C11H12N2OS. The van der Waals surface area contributed by atoms with Crippen LogP contribution in [0.2, 0.25) is 0 Å². The van der Waals surface area contributed by atoms with Gasteiger partial charge in [-0.15, -0.1) is 0 Å². The van der Waals surface area contributed by atoms with Gasteiger partial charge < -0.3 is 5.11 Å². The normalized spacial score (nSPS) is 10.5. The highest BCUT2D eigenvalue weighted by Gasteiger charge is 2.00. The van der Waals surface area contributed by atoms with Gasteiger partial charge in [0.15, 0.2) is 0 Å². The molecule has 2 aromatic rings. The molecule has 0 radical (unpaired) electrons. The number of benzene rings is 1. The lowest BCUT2D eigenvalue weighted by molar-refractivity contribution is 0.475. The third kappa shape index (κ3) is 1.94. The van der Waals surface area contributed by atoms with E-state index in [-0.39, 0.29) is 5.75 Å². The number of H-pyrrole nitrogens is 1. The van der Waals surface area contributed by atoms with Crippen LogP contribution in [-0.2, 0) is 6.42 Å². The minimum atomic E-state index is 0.257. The van der Waals surface area contributed by atoms with Gasteiger partial charge in [0.05, 0.1) is 5.69 Å². The quantitative estimate of drug-likeness (QED) is 0.764. The predicted octanol–water partition coefficient (Wildman–Crippen LogP) is 2.80. The van der Waals surface area contributed by atoms with Crippen LogP contribution in [0.15, 0.2) is 30.3 Å². The summed E-state index contributed by atoms with van der Waals surface area (Å²) in [6, 6.07) is 8.87. The van der Waals surface area contributed by atoms with Crippen molar-refractivity contribution >= 4 is 12.2 Å². The van der Waals surface area contributed by atoms with Crippen molar-refractivity contribution < 1.29 is 5.11 Å². The van der Waals surface area contributed by atoms with Gasteiger partial charge in [-0.2, -0.15) is 0 Å². The number of aromatic hydroxyl groups is 1. The zero-order valence-electron chi connectivity index (χ0n) is 8.40. The molecule has 0 fully saturated rings. The van der Waals surface area contributed by atoms with Gasteiger partial charge in [0.1, 0.15) is 10.4 Å².